The van der Waals surface area contributed by atoms with Gasteiger partial charge in [-0.1, -0.05) is 0 Å². The van der Waals surface area contributed by atoms with Crippen molar-refractivity contribution in [3.63, 3.8) is 0 Å². The van der Waals surface area contributed by atoms with E-state index in [-0.39, 0.29) is 0 Å². The second-order valence-corrected chi connectivity index (χ2v) is 4.23. The number of methoxy groups -OCH3 is 1. The van der Waals surface area contributed by atoms with E-state index in [0.717, 1.165) is 16.0 Å². The highest BCUT2D eigenvalue weighted by molar-refractivity contribution is 9.10. The van der Waals surface area contributed by atoms with Crippen molar-refractivity contribution >= 4 is 21.7 Å². The van der Waals surface area contributed by atoms with Crippen LogP contribution in [0.3, 0.4) is 0 Å². The summed E-state index contributed by atoms with van der Waals surface area (Å²) in [5, 5.41) is 0. The van der Waals surface area contributed by atoms with Gasteiger partial charge in [-0.25, -0.2) is 9.97 Å². The van der Waals surface area contributed by atoms with Gasteiger partial charge in [-0.2, -0.15) is 0 Å². The van der Waals surface area contributed by atoms with Gasteiger partial charge in [0.15, 0.2) is 0 Å². The summed E-state index contributed by atoms with van der Waals surface area (Å²) in [5.41, 5.74) is 6.60. The predicted octanol–water partition coefficient (Wildman–Crippen LogP) is 1.85. The maximum atomic E-state index is 5.76. The smallest absolute Gasteiger partial charge is 0.141 e. The fourth-order valence-corrected chi connectivity index (χ4v) is 1.58. The molecule has 5 heteroatoms. The summed E-state index contributed by atoms with van der Waals surface area (Å²) in [6, 6.07) is 0. The summed E-state index contributed by atoms with van der Waals surface area (Å²) in [7, 11) is 1.64. The first-order valence-electron chi connectivity index (χ1n) is 4.53. The highest BCUT2D eigenvalue weighted by atomic mass is 79.9. The summed E-state index contributed by atoms with van der Waals surface area (Å²) >= 11 is 3.35. The zero-order chi connectivity index (χ0) is 10.1. The SMILES string of the molecule is COCc1nc(C2CC2)nc(N)c1Br. The van der Waals surface area contributed by atoms with Crippen molar-refractivity contribution < 1.29 is 4.74 Å². The topological polar surface area (TPSA) is 61.0 Å². The molecule has 0 aromatic carbocycles. The maximum Gasteiger partial charge on any atom is 0.141 e. The molecule has 1 aliphatic carbocycles. The number of nitrogens with two attached hydrogens (primary N) is 1. The molecule has 1 aromatic heterocycles. The quantitative estimate of drug-likeness (QED) is 0.898. The first-order chi connectivity index (χ1) is 6.72. The molecular weight excluding hydrogens is 246 g/mol. The molecule has 1 saturated carbocycles. The summed E-state index contributed by atoms with van der Waals surface area (Å²) < 4.78 is 5.80. The summed E-state index contributed by atoms with van der Waals surface area (Å²) in [6.45, 7) is 0.465. The number of ether oxygens (including phenoxy) is 1. The van der Waals surface area contributed by atoms with Crippen molar-refractivity contribution in [3.05, 3.63) is 16.0 Å². The number of anilines is 1. The predicted molar refractivity (Wildman–Crippen MR) is 56.8 cm³/mol. The molecule has 0 spiro atoms. The third-order valence-corrected chi connectivity index (χ3v) is 3.05. The molecule has 2 rings (SSSR count). The lowest BCUT2D eigenvalue weighted by Crippen LogP contribution is -2.05. The molecule has 0 bridgehead atoms. The molecule has 1 fully saturated rings. The van der Waals surface area contributed by atoms with E-state index >= 15 is 0 Å². The fourth-order valence-electron chi connectivity index (χ4n) is 1.29. The Hall–Kier alpha value is -0.680. The fraction of sp³-hybridized carbons (Fsp3) is 0.556. The van der Waals surface area contributed by atoms with Crippen molar-refractivity contribution in [3.8, 4) is 0 Å². The lowest BCUT2D eigenvalue weighted by molar-refractivity contribution is 0.180. The molecule has 0 atom stereocenters. The lowest BCUT2D eigenvalue weighted by Gasteiger charge is -2.07. The van der Waals surface area contributed by atoms with Crippen LogP contribution in [0.5, 0.6) is 0 Å². The van der Waals surface area contributed by atoms with Gasteiger partial charge in [-0.15, -0.1) is 0 Å². The average Bonchev–Trinajstić information content (AvgIpc) is 2.96. The molecule has 0 radical (unpaired) electrons. The van der Waals surface area contributed by atoms with Crippen LogP contribution in [0.4, 0.5) is 5.82 Å². The van der Waals surface area contributed by atoms with Crippen LogP contribution in [0, 0.1) is 0 Å². The van der Waals surface area contributed by atoms with Gasteiger partial charge in [-0.3, -0.25) is 0 Å². The largest absolute Gasteiger partial charge is 0.383 e. The molecular formula is C9H12BrN3O. The number of hydrogen-bond acceptors (Lipinski definition) is 4. The van der Waals surface area contributed by atoms with E-state index in [0.29, 0.717) is 18.3 Å². The summed E-state index contributed by atoms with van der Waals surface area (Å²) in [5.74, 6) is 1.88. The van der Waals surface area contributed by atoms with Crippen molar-refractivity contribution in [1.29, 1.82) is 0 Å². The van der Waals surface area contributed by atoms with E-state index < -0.39 is 0 Å². The van der Waals surface area contributed by atoms with Crippen LogP contribution in [-0.4, -0.2) is 17.1 Å². The summed E-state index contributed by atoms with van der Waals surface area (Å²) in [6.07, 6.45) is 2.35. The summed E-state index contributed by atoms with van der Waals surface area (Å²) in [4.78, 5) is 8.66. The minimum Gasteiger partial charge on any atom is -0.383 e. The molecule has 0 amide bonds. The molecule has 1 aromatic rings. The van der Waals surface area contributed by atoms with Crippen LogP contribution >= 0.6 is 15.9 Å². The normalized spacial score (nSPS) is 15.9. The Balaban J connectivity index is 2.35. The zero-order valence-electron chi connectivity index (χ0n) is 7.96. The molecule has 0 saturated heterocycles. The molecule has 1 aliphatic rings. The number of halogens is 1. The van der Waals surface area contributed by atoms with E-state index in [1.165, 1.54) is 12.8 Å². The van der Waals surface area contributed by atoms with E-state index in [1.54, 1.807) is 7.11 Å². The molecule has 1 heterocycles. The molecule has 0 unspecified atom stereocenters. The van der Waals surface area contributed by atoms with Gasteiger partial charge < -0.3 is 10.5 Å². The van der Waals surface area contributed by atoms with Crippen LogP contribution in [-0.2, 0) is 11.3 Å². The highest BCUT2D eigenvalue weighted by Gasteiger charge is 2.27. The standard InChI is InChI=1S/C9H12BrN3O/c1-14-4-6-7(10)8(11)13-9(12-6)5-2-3-5/h5H,2-4H2,1H3,(H2,11,12,13). The molecule has 76 valence electrons. The number of nitrogens with zero attached hydrogens (tertiary/aromatic N) is 2. The van der Waals surface area contributed by atoms with Crippen molar-refractivity contribution in [1.82, 2.24) is 9.97 Å². The van der Waals surface area contributed by atoms with Gasteiger partial charge in [-0.05, 0) is 28.8 Å². The minimum atomic E-state index is 0.465. The van der Waals surface area contributed by atoms with E-state index in [9.17, 15) is 0 Å². The first-order valence-corrected chi connectivity index (χ1v) is 5.32. The van der Waals surface area contributed by atoms with Gasteiger partial charge in [0.2, 0.25) is 0 Å². The Labute approximate surface area is 91.0 Å². The molecule has 4 nitrogen and oxygen atoms in total. The first kappa shape index (κ1) is 9.86. The monoisotopic (exact) mass is 257 g/mol. The Bertz CT molecular complexity index is 352. The van der Waals surface area contributed by atoms with Crippen LogP contribution in [0.1, 0.15) is 30.3 Å². The third kappa shape index (κ3) is 1.88. The highest BCUT2D eigenvalue weighted by Crippen LogP contribution is 2.39. The maximum absolute atomic E-state index is 5.76. The van der Waals surface area contributed by atoms with Crippen molar-refractivity contribution in [2.45, 2.75) is 25.4 Å². The number of hydrogen-bond donors (Lipinski definition) is 1. The minimum absolute atomic E-state index is 0.465. The van der Waals surface area contributed by atoms with Crippen molar-refractivity contribution in [2.24, 2.45) is 0 Å². The number of rotatable bonds is 3. The Morgan fingerprint density at radius 3 is 2.79 bits per heavy atom. The average molecular weight is 258 g/mol. The van der Waals surface area contributed by atoms with Crippen molar-refractivity contribution in [2.75, 3.05) is 12.8 Å². The van der Waals surface area contributed by atoms with Gasteiger partial charge in [0.05, 0.1) is 16.8 Å². The molecule has 2 N–H and O–H groups in total. The second kappa shape index (κ2) is 3.82. The van der Waals surface area contributed by atoms with E-state index in [1.807, 2.05) is 0 Å². The Morgan fingerprint density at radius 2 is 2.21 bits per heavy atom. The Kier molecular flexibility index (Phi) is 2.69. The van der Waals surface area contributed by atoms with Gasteiger partial charge in [0, 0.05) is 13.0 Å². The number of nitrogen functional groups attached to an aromatic ring is 1. The van der Waals surface area contributed by atoms with E-state index in [2.05, 4.69) is 25.9 Å². The van der Waals surface area contributed by atoms with E-state index in [4.69, 9.17) is 10.5 Å². The van der Waals surface area contributed by atoms with Gasteiger partial charge >= 0.3 is 0 Å². The van der Waals surface area contributed by atoms with Crippen LogP contribution in [0.2, 0.25) is 0 Å². The second-order valence-electron chi connectivity index (χ2n) is 3.44. The van der Waals surface area contributed by atoms with Crippen LogP contribution < -0.4 is 5.73 Å². The Morgan fingerprint density at radius 1 is 1.50 bits per heavy atom. The zero-order valence-corrected chi connectivity index (χ0v) is 9.54. The molecule has 14 heavy (non-hydrogen) atoms. The number of aromatic nitrogens is 2. The molecule has 0 aliphatic heterocycles. The van der Waals surface area contributed by atoms with Crippen LogP contribution in [0.15, 0.2) is 4.47 Å². The van der Waals surface area contributed by atoms with Gasteiger partial charge in [0.25, 0.3) is 0 Å². The third-order valence-electron chi connectivity index (χ3n) is 2.19. The lowest BCUT2D eigenvalue weighted by atomic mass is 10.3. The van der Waals surface area contributed by atoms with Crippen LogP contribution in [0.25, 0.3) is 0 Å². The van der Waals surface area contributed by atoms with Gasteiger partial charge in [0.1, 0.15) is 11.6 Å².